The first-order valence-corrected chi connectivity index (χ1v) is 8.60. The van der Waals surface area contributed by atoms with Gasteiger partial charge < -0.3 is 4.74 Å². The van der Waals surface area contributed by atoms with Crippen LogP contribution in [0.5, 0.6) is 0 Å². The Kier molecular flexibility index (Phi) is 5.17. The first-order chi connectivity index (χ1) is 10.8. The molecular weight excluding hydrogens is 411 g/mol. The highest BCUT2D eigenvalue weighted by Crippen LogP contribution is 2.47. The highest BCUT2D eigenvalue weighted by molar-refractivity contribution is 9.10. The van der Waals surface area contributed by atoms with Gasteiger partial charge in [0.2, 0.25) is 0 Å². The van der Waals surface area contributed by atoms with E-state index in [0.717, 1.165) is 11.0 Å². The van der Waals surface area contributed by atoms with Gasteiger partial charge in [0.25, 0.3) is 0 Å². The average Bonchev–Trinajstić information content (AvgIpc) is 2.39. The maximum absolute atomic E-state index is 13.5. The molecule has 1 aromatic rings. The molecule has 3 nitrogen and oxygen atoms in total. The number of ether oxygens (including phenoxy) is 1. The van der Waals surface area contributed by atoms with Gasteiger partial charge in [-0.25, -0.2) is 4.79 Å². The van der Waals surface area contributed by atoms with Gasteiger partial charge in [-0.1, -0.05) is 11.6 Å². The van der Waals surface area contributed by atoms with Crippen molar-refractivity contribution in [3.63, 3.8) is 0 Å². The zero-order valence-electron chi connectivity index (χ0n) is 13.7. The van der Waals surface area contributed by atoms with Gasteiger partial charge in [-0.15, -0.1) is 0 Å². The normalized spacial score (nSPS) is 18.4. The summed E-state index contributed by atoms with van der Waals surface area (Å²) in [6.07, 6.45) is -4.56. The highest BCUT2D eigenvalue weighted by Gasteiger charge is 2.42. The summed E-state index contributed by atoms with van der Waals surface area (Å²) in [5, 5.41) is 0.193. The molecule has 1 heterocycles. The Hall–Kier alpha value is -0.950. The van der Waals surface area contributed by atoms with Crippen molar-refractivity contribution in [1.82, 2.24) is 0 Å². The maximum atomic E-state index is 13.5. The Morgan fingerprint density at radius 1 is 1.38 bits per heavy atom. The number of halogens is 5. The van der Waals surface area contributed by atoms with Crippen LogP contribution >= 0.6 is 27.5 Å². The van der Waals surface area contributed by atoms with Crippen molar-refractivity contribution in [3.8, 4) is 0 Å². The minimum Gasteiger partial charge on any atom is -0.443 e. The van der Waals surface area contributed by atoms with Crippen LogP contribution < -0.4 is 4.90 Å². The van der Waals surface area contributed by atoms with Crippen LogP contribution in [0.4, 0.5) is 23.7 Å². The minimum atomic E-state index is -4.62. The molecule has 0 saturated heterocycles. The second-order valence-electron chi connectivity index (χ2n) is 6.78. The van der Waals surface area contributed by atoms with Crippen LogP contribution in [0, 0.1) is 0 Å². The molecule has 1 unspecified atom stereocenters. The standard InChI is InChI=1S/C16H18BrClF3NO2/c1-8-5-6-9-12(18)11(17)7-10(16(19,20)21)13(9)22(8)14(23)24-15(2,3)4/h7-8H,5-6H2,1-4H3. The van der Waals surface area contributed by atoms with Gasteiger partial charge in [0, 0.05) is 10.5 Å². The summed E-state index contributed by atoms with van der Waals surface area (Å²) < 4.78 is 46.1. The van der Waals surface area contributed by atoms with E-state index >= 15 is 0 Å². The molecule has 0 N–H and O–H groups in total. The smallest absolute Gasteiger partial charge is 0.418 e. The molecule has 1 aliphatic rings. The summed E-state index contributed by atoms with van der Waals surface area (Å²) >= 11 is 9.26. The van der Waals surface area contributed by atoms with Crippen molar-refractivity contribution in [3.05, 3.63) is 26.7 Å². The number of benzene rings is 1. The number of fused-ring (bicyclic) bond motifs is 1. The van der Waals surface area contributed by atoms with E-state index in [-0.39, 0.29) is 15.2 Å². The van der Waals surface area contributed by atoms with Crippen LogP contribution in [0.25, 0.3) is 0 Å². The maximum Gasteiger partial charge on any atom is 0.418 e. The molecule has 1 amide bonds. The molecule has 1 atom stereocenters. The molecule has 0 bridgehead atoms. The molecule has 0 radical (unpaired) electrons. The van der Waals surface area contributed by atoms with E-state index in [1.807, 2.05) is 0 Å². The third kappa shape index (κ3) is 3.82. The molecular formula is C16H18BrClF3NO2. The second-order valence-corrected chi connectivity index (χ2v) is 8.02. The Morgan fingerprint density at radius 2 is 1.96 bits per heavy atom. The molecule has 0 aromatic heterocycles. The summed E-state index contributed by atoms with van der Waals surface area (Å²) in [6, 6.07) is 0.488. The molecule has 8 heteroatoms. The van der Waals surface area contributed by atoms with E-state index < -0.39 is 29.5 Å². The summed E-state index contributed by atoms with van der Waals surface area (Å²) in [4.78, 5) is 13.6. The van der Waals surface area contributed by atoms with E-state index in [0.29, 0.717) is 18.4 Å². The fraction of sp³-hybridized carbons (Fsp3) is 0.562. The summed E-state index contributed by atoms with van der Waals surface area (Å²) in [5.74, 6) is 0. The lowest BCUT2D eigenvalue weighted by Crippen LogP contribution is -2.46. The van der Waals surface area contributed by atoms with Crippen molar-refractivity contribution in [2.45, 2.75) is 58.4 Å². The molecule has 0 spiro atoms. The van der Waals surface area contributed by atoms with Crippen molar-refractivity contribution < 1.29 is 22.7 Å². The molecule has 1 aliphatic heterocycles. The number of alkyl halides is 3. The Labute approximate surface area is 152 Å². The third-order valence-corrected chi connectivity index (χ3v) is 4.96. The van der Waals surface area contributed by atoms with Crippen LogP contribution in [0.2, 0.25) is 5.02 Å². The van der Waals surface area contributed by atoms with Gasteiger partial charge >= 0.3 is 12.3 Å². The van der Waals surface area contributed by atoms with E-state index in [1.54, 1.807) is 27.7 Å². The largest absolute Gasteiger partial charge is 0.443 e. The van der Waals surface area contributed by atoms with Crippen LogP contribution in [0.1, 0.15) is 45.2 Å². The average molecular weight is 429 g/mol. The van der Waals surface area contributed by atoms with Gasteiger partial charge in [0.1, 0.15) is 5.60 Å². The van der Waals surface area contributed by atoms with Gasteiger partial charge in [0.15, 0.2) is 0 Å². The Morgan fingerprint density at radius 3 is 2.46 bits per heavy atom. The molecule has 24 heavy (non-hydrogen) atoms. The molecule has 1 aromatic carbocycles. The summed E-state index contributed by atoms with van der Waals surface area (Å²) in [7, 11) is 0. The lowest BCUT2D eigenvalue weighted by molar-refractivity contribution is -0.137. The predicted molar refractivity (Wildman–Crippen MR) is 90.7 cm³/mol. The van der Waals surface area contributed by atoms with E-state index in [4.69, 9.17) is 16.3 Å². The number of hydrogen-bond donors (Lipinski definition) is 0. The van der Waals surface area contributed by atoms with Crippen LogP contribution in [-0.4, -0.2) is 17.7 Å². The van der Waals surface area contributed by atoms with Crippen LogP contribution in [0.15, 0.2) is 10.5 Å². The van der Waals surface area contributed by atoms with Crippen molar-refractivity contribution >= 4 is 39.3 Å². The monoisotopic (exact) mass is 427 g/mol. The minimum absolute atomic E-state index is 0.161. The van der Waals surface area contributed by atoms with Gasteiger partial charge in [-0.3, -0.25) is 4.90 Å². The second kappa shape index (κ2) is 6.41. The number of carbonyl (C=O) groups is 1. The first kappa shape index (κ1) is 19.4. The number of carbonyl (C=O) groups excluding carboxylic acids is 1. The van der Waals surface area contributed by atoms with E-state index in [2.05, 4.69) is 15.9 Å². The SMILES string of the molecule is CC1CCc2c(Cl)c(Br)cc(C(F)(F)F)c2N1C(=O)OC(C)(C)C. The molecule has 0 aliphatic carbocycles. The topological polar surface area (TPSA) is 29.5 Å². The predicted octanol–water partition coefficient (Wildman–Crippen LogP) is 6.20. The van der Waals surface area contributed by atoms with Crippen LogP contribution in [-0.2, 0) is 17.3 Å². The number of anilines is 1. The lowest BCUT2D eigenvalue weighted by atomic mass is 9.93. The zero-order chi connectivity index (χ0) is 18.4. The van der Waals surface area contributed by atoms with E-state index in [9.17, 15) is 18.0 Å². The Balaban J connectivity index is 2.67. The van der Waals surface area contributed by atoms with Crippen molar-refractivity contribution in [2.24, 2.45) is 0 Å². The quantitative estimate of drug-likeness (QED) is 0.492. The van der Waals surface area contributed by atoms with Crippen molar-refractivity contribution in [2.75, 3.05) is 4.90 Å². The molecule has 2 rings (SSSR count). The highest BCUT2D eigenvalue weighted by atomic mass is 79.9. The first-order valence-electron chi connectivity index (χ1n) is 7.43. The third-order valence-electron chi connectivity index (χ3n) is 3.68. The van der Waals surface area contributed by atoms with Crippen molar-refractivity contribution in [1.29, 1.82) is 0 Å². The summed E-state index contributed by atoms with van der Waals surface area (Å²) in [6.45, 7) is 6.70. The molecule has 134 valence electrons. The van der Waals surface area contributed by atoms with E-state index in [1.165, 1.54) is 0 Å². The van der Waals surface area contributed by atoms with Gasteiger partial charge in [0.05, 0.1) is 16.3 Å². The fourth-order valence-electron chi connectivity index (χ4n) is 2.67. The van der Waals surface area contributed by atoms with Crippen LogP contribution in [0.3, 0.4) is 0 Å². The number of amides is 1. The summed E-state index contributed by atoms with van der Waals surface area (Å²) in [5.41, 5.74) is -1.61. The van der Waals surface area contributed by atoms with Gasteiger partial charge in [-0.2, -0.15) is 13.2 Å². The fourth-order valence-corrected chi connectivity index (χ4v) is 3.38. The number of rotatable bonds is 0. The zero-order valence-corrected chi connectivity index (χ0v) is 16.1. The number of nitrogens with zero attached hydrogens (tertiary/aromatic N) is 1. The Bertz CT molecular complexity index is 671. The number of hydrogen-bond acceptors (Lipinski definition) is 2. The molecule has 0 fully saturated rings. The lowest BCUT2D eigenvalue weighted by Gasteiger charge is -2.38. The molecule has 0 saturated carbocycles. The van der Waals surface area contributed by atoms with Gasteiger partial charge in [-0.05, 0) is 68.1 Å².